The van der Waals surface area contributed by atoms with E-state index in [4.69, 9.17) is 4.74 Å². The Bertz CT molecular complexity index is 412. The van der Waals surface area contributed by atoms with Crippen LogP contribution in [0.3, 0.4) is 0 Å². The van der Waals surface area contributed by atoms with Gasteiger partial charge in [-0.2, -0.15) is 0 Å². The lowest BCUT2D eigenvalue weighted by atomic mass is 9.97. The number of esters is 1. The molecule has 0 fully saturated rings. The van der Waals surface area contributed by atoms with Crippen LogP contribution in [0.2, 0.25) is 0 Å². The summed E-state index contributed by atoms with van der Waals surface area (Å²) >= 11 is 1.15. The molecule has 0 aromatic heterocycles. The average molecular weight is 266 g/mol. The minimum absolute atomic E-state index is 0.0204. The standard InChI is InChI=1S/C14H18O3S/c1-4-17-13(16)14(2,3)10-18-12(15)11-8-6-5-7-9-11/h5-9H,4,10H2,1-3H3. The molecule has 0 unspecified atom stereocenters. The summed E-state index contributed by atoms with van der Waals surface area (Å²) in [7, 11) is 0. The third-order valence-corrected chi connectivity index (χ3v) is 3.77. The number of thioether (sulfide) groups is 1. The third kappa shape index (κ3) is 4.18. The van der Waals surface area contributed by atoms with Gasteiger partial charge in [0.25, 0.3) is 0 Å². The van der Waals surface area contributed by atoms with Gasteiger partial charge >= 0.3 is 5.97 Å². The second-order valence-corrected chi connectivity index (χ2v) is 5.49. The van der Waals surface area contributed by atoms with E-state index in [2.05, 4.69) is 0 Å². The van der Waals surface area contributed by atoms with Crippen molar-refractivity contribution in [3.8, 4) is 0 Å². The van der Waals surface area contributed by atoms with Crippen LogP contribution in [0.1, 0.15) is 31.1 Å². The minimum Gasteiger partial charge on any atom is -0.466 e. The van der Waals surface area contributed by atoms with Gasteiger partial charge in [-0.05, 0) is 20.8 Å². The molecular weight excluding hydrogens is 248 g/mol. The van der Waals surface area contributed by atoms with Crippen molar-refractivity contribution in [1.29, 1.82) is 0 Å². The Labute approximate surface area is 112 Å². The fourth-order valence-electron chi connectivity index (χ4n) is 1.29. The van der Waals surface area contributed by atoms with Crippen LogP contribution in [0.15, 0.2) is 30.3 Å². The van der Waals surface area contributed by atoms with Crippen LogP contribution >= 0.6 is 11.8 Å². The quantitative estimate of drug-likeness (QED) is 0.768. The maximum atomic E-state index is 11.9. The highest BCUT2D eigenvalue weighted by Crippen LogP contribution is 2.25. The second kappa shape index (κ2) is 6.59. The Morgan fingerprint density at radius 2 is 1.83 bits per heavy atom. The van der Waals surface area contributed by atoms with E-state index >= 15 is 0 Å². The smallest absolute Gasteiger partial charge is 0.312 e. The molecule has 0 radical (unpaired) electrons. The second-order valence-electron chi connectivity index (χ2n) is 4.55. The van der Waals surface area contributed by atoms with Crippen LogP contribution in [0.25, 0.3) is 0 Å². The molecule has 0 amide bonds. The Hall–Kier alpha value is -1.29. The zero-order chi connectivity index (χ0) is 13.6. The van der Waals surface area contributed by atoms with Gasteiger partial charge in [0.2, 0.25) is 5.12 Å². The lowest BCUT2D eigenvalue weighted by molar-refractivity contribution is -0.152. The van der Waals surface area contributed by atoms with E-state index in [0.717, 1.165) is 11.8 Å². The molecule has 0 saturated heterocycles. The molecule has 4 heteroatoms. The molecule has 0 atom stereocenters. The van der Waals surface area contributed by atoms with Crippen molar-refractivity contribution in [1.82, 2.24) is 0 Å². The van der Waals surface area contributed by atoms with Crippen LogP contribution in [0.5, 0.6) is 0 Å². The molecule has 0 N–H and O–H groups in total. The van der Waals surface area contributed by atoms with Crippen molar-refractivity contribution >= 4 is 22.8 Å². The van der Waals surface area contributed by atoms with Gasteiger partial charge in [-0.3, -0.25) is 9.59 Å². The maximum Gasteiger partial charge on any atom is 0.312 e. The SMILES string of the molecule is CCOC(=O)C(C)(C)CSC(=O)c1ccccc1. The summed E-state index contributed by atoms with van der Waals surface area (Å²) in [5.74, 6) is 0.151. The molecule has 0 aliphatic rings. The zero-order valence-electron chi connectivity index (χ0n) is 10.9. The van der Waals surface area contributed by atoms with Gasteiger partial charge in [0.1, 0.15) is 0 Å². The first-order valence-corrected chi connectivity index (χ1v) is 6.85. The third-order valence-electron chi connectivity index (χ3n) is 2.40. The largest absolute Gasteiger partial charge is 0.466 e. The predicted octanol–water partition coefficient (Wildman–Crippen LogP) is 3.15. The highest BCUT2D eigenvalue weighted by molar-refractivity contribution is 8.14. The Balaban J connectivity index is 2.55. The van der Waals surface area contributed by atoms with Gasteiger partial charge in [-0.25, -0.2) is 0 Å². The molecule has 0 aliphatic heterocycles. The normalized spacial score (nSPS) is 11.1. The summed E-state index contributed by atoms with van der Waals surface area (Å²) < 4.78 is 4.98. The lowest BCUT2D eigenvalue weighted by Gasteiger charge is -2.21. The van der Waals surface area contributed by atoms with E-state index in [1.54, 1.807) is 32.9 Å². The summed E-state index contributed by atoms with van der Waals surface area (Å²) in [6, 6.07) is 9.05. The number of benzene rings is 1. The van der Waals surface area contributed by atoms with Gasteiger partial charge in [-0.15, -0.1) is 0 Å². The first-order chi connectivity index (χ1) is 8.47. The van der Waals surface area contributed by atoms with Crippen molar-refractivity contribution in [3.05, 3.63) is 35.9 Å². The van der Waals surface area contributed by atoms with Gasteiger partial charge in [-0.1, -0.05) is 42.1 Å². The van der Waals surface area contributed by atoms with E-state index in [9.17, 15) is 9.59 Å². The number of hydrogen-bond donors (Lipinski definition) is 0. The number of ether oxygens (including phenoxy) is 1. The fraction of sp³-hybridized carbons (Fsp3) is 0.429. The van der Waals surface area contributed by atoms with Gasteiger partial charge in [0.15, 0.2) is 0 Å². The van der Waals surface area contributed by atoms with Gasteiger partial charge < -0.3 is 4.74 Å². The highest BCUT2D eigenvalue weighted by atomic mass is 32.2. The van der Waals surface area contributed by atoms with E-state index < -0.39 is 5.41 Å². The van der Waals surface area contributed by atoms with Crippen molar-refractivity contribution < 1.29 is 14.3 Å². The maximum absolute atomic E-state index is 11.9. The summed E-state index contributed by atoms with van der Waals surface area (Å²) in [5.41, 5.74) is 0.00708. The minimum atomic E-state index is -0.648. The summed E-state index contributed by atoms with van der Waals surface area (Å²) in [6.07, 6.45) is 0. The van der Waals surface area contributed by atoms with Crippen molar-refractivity contribution in [2.24, 2.45) is 5.41 Å². The van der Waals surface area contributed by atoms with E-state index in [1.807, 2.05) is 18.2 Å². The highest BCUT2D eigenvalue weighted by Gasteiger charge is 2.30. The van der Waals surface area contributed by atoms with Crippen molar-refractivity contribution in [2.75, 3.05) is 12.4 Å². The number of hydrogen-bond acceptors (Lipinski definition) is 4. The molecule has 1 aromatic rings. The average Bonchev–Trinajstić information content (AvgIpc) is 2.37. The van der Waals surface area contributed by atoms with Crippen LogP contribution < -0.4 is 0 Å². The van der Waals surface area contributed by atoms with Gasteiger partial charge in [0, 0.05) is 11.3 Å². The molecule has 0 aliphatic carbocycles. The molecule has 1 rings (SSSR count). The zero-order valence-corrected chi connectivity index (χ0v) is 11.8. The molecule has 0 saturated carbocycles. The van der Waals surface area contributed by atoms with E-state index in [1.165, 1.54) is 0 Å². The summed E-state index contributed by atoms with van der Waals surface area (Å²) in [5, 5.41) is -0.0204. The lowest BCUT2D eigenvalue weighted by Crippen LogP contribution is -2.29. The number of carbonyl (C=O) groups is 2. The first-order valence-electron chi connectivity index (χ1n) is 5.87. The van der Waals surface area contributed by atoms with Crippen LogP contribution in [-0.2, 0) is 9.53 Å². The summed E-state index contributed by atoms with van der Waals surface area (Å²) in [4.78, 5) is 23.5. The molecule has 0 heterocycles. The topological polar surface area (TPSA) is 43.4 Å². The van der Waals surface area contributed by atoms with Crippen LogP contribution in [-0.4, -0.2) is 23.4 Å². The molecule has 3 nitrogen and oxygen atoms in total. The van der Waals surface area contributed by atoms with Gasteiger partial charge in [0.05, 0.1) is 12.0 Å². The summed E-state index contributed by atoms with van der Waals surface area (Å²) in [6.45, 7) is 5.71. The fourth-order valence-corrected chi connectivity index (χ4v) is 2.20. The van der Waals surface area contributed by atoms with Crippen LogP contribution in [0, 0.1) is 5.41 Å². The van der Waals surface area contributed by atoms with Crippen LogP contribution in [0.4, 0.5) is 0 Å². The predicted molar refractivity (Wildman–Crippen MR) is 73.6 cm³/mol. The molecular formula is C14H18O3S. The Morgan fingerprint density at radius 1 is 1.22 bits per heavy atom. The number of carbonyl (C=O) groups excluding carboxylic acids is 2. The molecule has 98 valence electrons. The monoisotopic (exact) mass is 266 g/mol. The van der Waals surface area contributed by atoms with E-state index in [-0.39, 0.29) is 11.1 Å². The molecule has 1 aromatic carbocycles. The Morgan fingerprint density at radius 3 is 2.39 bits per heavy atom. The molecule has 0 spiro atoms. The molecule has 0 bridgehead atoms. The van der Waals surface area contributed by atoms with Crippen molar-refractivity contribution in [2.45, 2.75) is 20.8 Å². The molecule has 18 heavy (non-hydrogen) atoms. The van der Waals surface area contributed by atoms with E-state index in [0.29, 0.717) is 17.9 Å². The number of rotatable bonds is 5. The van der Waals surface area contributed by atoms with Crippen molar-refractivity contribution in [3.63, 3.8) is 0 Å². The first kappa shape index (κ1) is 14.8. The Kier molecular flexibility index (Phi) is 5.41.